The Morgan fingerprint density at radius 3 is 2.59 bits per heavy atom. The Balaban J connectivity index is 1.37. The molecule has 1 saturated carbocycles. The lowest BCUT2D eigenvalue weighted by molar-refractivity contribution is 0.0699. The SMILES string of the molecule is OCCNC1CCC(Nc2cc(-c3cccc(NCC4CCOCC4)c3)c(Cl)cn2)CC1. The minimum atomic E-state index is 0.196. The van der Waals surface area contributed by atoms with E-state index >= 15 is 0 Å². The molecule has 2 fully saturated rings. The van der Waals surface area contributed by atoms with Gasteiger partial charge < -0.3 is 25.8 Å². The van der Waals surface area contributed by atoms with Crippen LogP contribution in [0.4, 0.5) is 11.5 Å². The van der Waals surface area contributed by atoms with Crippen LogP contribution in [0.25, 0.3) is 11.1 Å². The van der Waals surface area contributed by atoms with Gasteiger partial charge in [-0.05, 0) is 68.2 Å². The van der Waals surface area contributed by atoms with Crippen molar-refractivity contribution in [3.8, 4) is 11.1 Å². The van der Waals surface area contributed by atoms with E-state index in [1.807, 2.05) is 0 Å². The summed E-state index contributed by atoms with van der Waals surface area (Å²) in [6.07, 6.45) is 8.39. The minimum absolute atomic E-state index is 0.196. The molecule has 1 saturated heterocycles. The Bertz CT molecular complexity index is 852. The summed E-state index contributed by atoms with van der Waals surface area (Å²) in [7, 11) is 0. The highest BCUT2D eigenvalue weighted by Gasteiger charge is 2.21. The number of nitrogens with one attached hydrogen (secondary N) is 3. The molecule has 0 unspecified atom stereocenters. The molecular weight excluding hydrogens is 424 g/mol. The van der Waals surface area contributed by atoms with E-state index in [0.29, 0.717) is 29.6 Å². The molecule has 0 radical (unpaired) electrons. The summed E-state index contributed by atoms with van der Waals surface area (Å²) < 4.78 is 5.46. The van der Waals surface area contributed by atoms with Crippen LogP contribution in [0.3, 0.4) is 0 Å². The number of aliphatic hydroxyl groups excluding tert-OH is 1. The molecule has 7 heteroatoms. The van der Waals surface area contributed by atoms with Crippen molar-refractivity contribution in [1.82, 2.24) is 10.3 Å². The smallest absolute Gasteiger partial charge is 0.126 e. The summed E-state index contributed by atoms with van der Waals surface area (Å²) >= 11 is 6.54. The number of hydrogen-bond acceptors (Lipinski definition) is 6. The second-order valence-electron chi connectivity index (χ2n) is 8.94. The summed E-state index contributed by atoms with van der Waals surface area (Å²) in [5.41, 5.74) is 3.21. The number of nitrogens with zero attached hydrogens (tertiary/aromatic N) is 1. The largest absolute Gasteiger partial charge is 0.395 e. The zero-order valence-electron chi connectivity index (χ0n) is 18.7. The van der Waals surface area contributed by atoms with Crippen LogP contribution < -0.4 is 16.0 Å². The van der Waals surface area contributed by atoms with E-state index < -0.39 is 0 Å². The van der Waals surface area contributed by atoms with Crippen molar-refractivity contribution in [2.24, 2.45) is 5.92 Å². The molecule has 0 bridgehead atoms. The molecule has 1 aliphatic carbocycles. The van der Waals surface area contributed by atoms with E-state index in [2.05, 4.69) is 51.3 Å². The van der Waals surface area contributed by atoms with Gasteiger partial charge in [-0.1, -0.05) is 23.7 Å². The highest BCUT2D eigenvalue weighted by atomic mass is 35.5. The maximum Gasteiger partial charge on any atom is 0.126 e. The minimum Gasteiger partial charge on any atom is -0.395 e. The maximum atomic E-state index is 8.99. The van der Waals surface area contributed by atoms with Crippen molar-refractivity contribution in [1.29, 1.82) is 0 Å². The third kappa shape index (κ3) is 6.58. The fraction of sp³-hybridized carbons (Fsp3) is 0.560. The highest BCUT2D eigenvalue weighted by Crippen LogP contribution is 2.32. The van der Waals surface area contributed by atoms with Gasteiger partial charge in [0.15, 0.2) is 0 Å². The second kappa shape index (κ2) is 11.8. The van der Waals surface area contributed by atoms with Gasteiger partial charge in [0.25, 0.3) is 0 Å². The van der Waals surface area contributed by atoms with Gasteiger partial charge in [-0.25, -0.2) is 4.98 Å². The molecule has 6 nitrogen and oxygen atoms in total. The molecule has 0 atom stereocenters. The Kier molecular flexibility index (Phi) is 8.62. The predicted molar refractivity (Wildman–Crippen MR) is 131 cm³/mol. The van der Waals surface area contributed by atoms with Crippen molar-refractivity contribution >= 4 is 23.1 Å². The summed E-state index contributed by atoms with van der Waals surface area (Å²) in [6.45, 7) is 3.58. The van der Waals surface area contributed by atoms with Gasteiger partial charge in [0.1, 0.15) is 5.82 Å². The van der Waals surface area contributed by atoms with E-state index in [4.69, 9.17) is 21.4 Å². The van der Waals surface area contributed by atoms with E-state index in [9.17, 15) is 0 Å². The summed E-state index contributed by atoms with van der Waals surface area (Å²) in [5, 5.41) is 20.3. The molecule has 0 amide bonds. The van der Waals surface area contributed by atoms with E-state index in [0.717, 1.165) is 80.9 Å². The molecule has 2 aromatic rings. The molecule has 2 heterocycles. The maximum absolute atomic E-state index is 8.99. The van der Waals surface area contributed by atoms with Crippen LogP contribution in [0.1, 0.15) is 38.5 Å². The number of pyridine rings is 1. The quantitative estimate of drug-likeness (QED) is 0.441. The van der Waals surface area contributed by atoms with Crippen LogP contribution in [-0.4, -0.2) is 55.1 Å². The summed E-state index contributed by atoms with van der Waals surface area (Å²) in [6, 6.07) is 11.4. The van der Waals surface area contributed by atoms with Gasteiger partial charge in [-0.3, -0.25) is 0 Å². The van der Waals surface area contributed by atoms with Crippen molar-refractivity contribution in [2.45, 2.75) is 50.6 Å². The van der Waals surface area contributed by atoms with Gasteiger partial charge in [0.2, 0.25) is 0 Å². The monoisotopic (exact) mass is 458 g/mol. The van der Waals surface area contributed by atoms with Crippen molar-refractivity contribution in [3.63, 3.8) is 0 Å². The summed E-state index contributed by atoms with van der Waals surface area (Å²) in [4.78, 5) is 4.53. The molecular formula is C25H35ClN4O2. The van der Waals surface area contributed by atoms with Crippen LogP contribution in [0.15, 0.2) is 36.5 Å². The van der Waals surface area contributed by atoms with E-state index in [-0.39, 0.29) is 6.61 Å². The number of anilines is 2. The third-order valence-electron chi connectivity index (χ3n) is 6.59. The number of halogens is 1. The van der Waals surface area contributed by atoms with Crippen molar-refractivity contribution < 1.29 is 9.84 Å². The Hall–Kier alpha value is -1.86. The van der Waals surface area contributed by atoms with Gasteiger partial charge in [-0.15, -0.1) is 0 Å². The first-order valence-corrected chi connectivity index (χ1v) is 12.3. The topological polar surface area (TPSA) is 78.4 Å². The molecule has 4 N–H and O–H groups in total. The lowest BCUT2D eigenvalue weighted by Crippen LogP contribution is -2.38. The van der Waals surface area contributed by atoms with Gasteiger partial charge in [0.05, 0.1) is 11.6 Å². The fourth-order valence-electron chi connectivity index (χ4n) is 4.67. The molecule has 0 spiro atoms. The summed E-state index contributed by atoms with van der Waals surface area (Å²) in [5.74, 6) is 1.54. The van der Waals surface area contributed by atoms with Crippen LogP contribution in [-0.2, 0) is 4.74 Å². The number of benzene rings is 1. The molecule has 1 aromatic heterocycles. The van der Waals surface area contributed by atoms with Gasteiger partial charge in [0, 0.05) is 55.8 Å². The third-order valence-corrected chi connectivity index (χ3v) is 6.89. The van der Waals surface area contributed by atoms with Crippen molar-refractivity contribution in [3.05, 3.63) is 41.6 Å². The fourth-order valence-corrected chi connectivity index (χ4v) is 4.88. The number of aromatic nitrogens is 1. The highest BCUT2D eigenvalue weighted by molar-refractivity contribution is 6.33. The van der Waals surface area contributed by atoms with Crippen LogP contribution in [0, 0.1) is 5.92 Å². The zero-order chi connectivity index (χ0) is 22.2. The number of aliphatic hydroxyl groups is 1. The molecule has 4 rings (SSSR count). The Morgan fingerprint density at radius 1 is 1.03 bits per heavy atom. The number of rotatable bonds is 9. The first-order valence-electron chi connectivity index (χ1n) is 11.9. The van der Waals surface area contributed by atoms with Gasteiger partial charge >= 0.3 is 0 Å². The van der Waals surface area contributed by atoms with E-state index in [1.165, 1.54) is 0 Å². The van der Waals surface area contributed by atoms with Crippen molar-refractivity contribution in [2.75, 3.05) is 43.5 Å². The van der Waals surface area contributed by atoms with Crippen LogP contribution in [0.2, 0.25) is 5.02 Å². The normalized spacial score (nSPS) is 21.9. The molecule has 32 heavy (non-hydrogen) atoms. The van der Waals surface area contributed by atoms with Crippen LogP contribution >= 0.6 is 11.6 Å². The molecule has 174 valence electrons. The standard InChI is InChI=1S/C25H35ClN4O2/c26-24-17-29-25(30-21-6-4-20(5-7-21)27-10-11-31)15-23(24)19-2-1-3-22(14-19)28-16-18-8-12-32-13-9-18/h1-3,14-15,17-18,20-21,27-28,31H,4-13,16H2,(H,29,30). The average molecular weight is 459 g/mol. The average Bonchev–Trinajstić information content (AvgIpc) is 2.84. The zero-order valence-corrected chi connectivity index (χ0v) is 19.4. The molecule has 1 aromatic carbocycles. The number of ether oxygens (including phenoxy) is 1. The predicted octanol–water partition coefficient (Wildman–Crippen LogP) is 4.55. The second-order valence-corrected chi connectivity index (χ2v) is 9.34. The van der Waals surface area contributed by atoms with E-state index in [1.54, 1.807) is 6.20 Å². The first kappa shape index (κ1) is 23.3. The number of hydrogen-bond donors (Lipinski definition) is 4. The van der Waals surface area contributed by atoms with Gasteiger partial charge in [-0.2, -0.15) is 0 Å². The lowest BCUT2D eigenvalue weighted by atomic mass is 9.91. The lowest BCUT2D eigenvalue weighted by Gasteiger charge is -2.30. The molecule has 1 aliphatic heterocycles. The Labute approximate surface area is 196 Å². The molecule has 2 aliphatic rings. The first-order chi connectivity index (χ1) is 15.7. The van der Waals surface area contributed by atoms with Crippen LogP contribution in [0.5, 0.6) is 0 Å². The Morgan fingerprint density at radius 2 is 1.81 bits per heavy atom.